The number of halogens is 2. The highest BCUT2D eigenvalue weighted by Crippen LogP contribution is 2.18. The predicted octanol–water partition coefficient (Wildman–Crippen LogP) is 8.63. The van der Waals surface area contributed by atoms with Crippen LogP contribution in [0, 0.1) is 0 Å². The van der Waals surface area contributed by atoms with Gasteiger partial charge in [0.15, 0.2) is 0 Å². The van der Waals surface area contributed by atoms with Gasteiger partial charge in [0.25, 0.3) is 0 Å². The number of aryl methyl sites for hydroxylation is 1. The van der Waals surface area contributed by atoms with E-state index in [2.05, 4.69) is 55.9 Å². The second-order valence-corrected chi connectivity index (χ2v) is 8.59. The van der Waals surface area contributed by atoms with E-state index in [1.165, 1.54) is 95.5 Å². The lowest BCUT2D eigenvalue weighted by Gasteiger charge is -2.04. The van der Waals surface area contributed by atoms with E-state index in [4.69, 9.17) is 0 Å². The van der Waals surface area contributed by atoms with Gasteiger partial charge in [0.2, 0.25) is 0 Å². The summed E-state index contributed by atoms with van der Waals surface area (Å²) in [5, 5.41) is 0. The van der Waals surface area contributed by atoms with Crippen LogP contribution in [0.15, 0.2) is 21.3 Å². The molecule has 1 heterocycles. The SMILES string of the molecule is CCCCCCCCCCCCCCCCc1cc(Br)nc(Br)c1. The maximum Gasteiger partial charge on any atom is 0.107 e. The van der Waals surface area contributed by atoms with Gasteiger partial charge in [0.05, 0.1) is 0 Å². The Balaban J connectivity index is 1.84. The van der Waals surface area contributed by atoms with E-state index in [9.17, 15) is 0 Å². The minimum absolute atomic E-state index is 0.928. The van der Waals surface area contributed by atoms with Crippen LogP contribution in [0.4, 0.5) is 0 Å². The molecule has 0 fully saturated rings. The van der Waals surface area contributed by atoms with Crippen LogP contribution in [0.1, 0.15) is 102 Å². The van der Waals surface area contributed by atoms with Crippen molar-refractivity contribution >= 4 is 31.9 Å². The third-order valence-electron chi connectivity index (χ3n) is 4.64. The predicted molar refractivity (Wildman–Crippen MR) is 114 cm³/mol. The minimum atomic E-state index is 0.928. The van der Waals surface area contributed by atoms with Gasteiger partial charge >= 0.3 is 0 Å². The van der Waals surface area contributed by atoms with E-state index in [0.29, 0.717) is 0 Å². The molecule has 0 aromatic carbocycles. The average Bonchev–Trinajstić information content (AvgIpc) is 2.54. The Kier molecular flexibility index (Phi) is 14.2. The van der Waals surface area contributed by atoms with Crippen LogP contribution in [0.25, 0.3) is 0 Å². The van der Waals surface area contributed by atoms with Crippen molar-refractivity contribution in [3.05, 3.63) is 26.9 Å². The van der Waals surface area contributed by atoms with Gasteiger partial charge < -0.3 is 0 Å². The monoisotopic (exact) mass is 459 g/mol. The first-order valence-electron chi connectivity index (χ1n) is 10.0. The molecular weight excluding hydrogens is 426 g/mol. The van der Waals surface area contributed by atoms with Crippen molar-refractivity contribution in [3.63, 3.8) is 0 Å². The summed E-state index contributed by atoms with van der Waals surface area (Å²) in [6, 6.07) is 4.26. The standard InChI is InChI=1S/C21H35Br2N/c1-2-3-4-5-6-7-8-9-10-11-12-13-14-15-16-19-17-20(22)24-21(23)18-19/h17-18H,2-16H2,1H3. The van der Waals surface area contributed by atoms with Crippen LogP contribution in [0.3, 0.4) is 0 Å². The van der Waals surface area contributed by atoms with E-state index in [0.717, 1.165) is 15.6 Å². The maximum absolute atomic E-state index is 4.29. The first-order chi connectivity index (χ1) is 11.7. The zero-order valence-electron chi connectivity index (χ0n) is 15.5. The lowest BCUT2D eigenvalue weighted by Crippen LogP contribution is -1.89. The Bertz CT molecular complexity index is 400. The maximum atomic E-state index is 4.29. The number of rotatable bonds is 15. The molecule has 0 bridgehead atoms. The normalized spacial score (nSPS) is 11.1. The molecule has 0 aliphatic carbocycles. The Morgan fingerprint density at radius 3 is 1.42 bits per heavy atom. The minimum Gasteiger partial charge on any atom is -0.234 e. The van der Waals surface area contributed by atoms with Gasteiger partial charge in [-0.1, -0.05) is 90.4 Å². The largest absolute Gasteiger partial charge is 0.234 e. The van der Waals surface area contributed by atoms with Crippen LogP contribution < -0.4 is 0 Å². The number of hydrogen-bond donors (Lipinski definition) is 0. The Morgan fingerprint density at radius 2 is 1.00 bits per heavy atom. The summed E-state index contributed by atoms with van der Waals surface area (Å²) >= 11 is 6.91. The van der Waals surface area contributed by atoms with Crippen LogP contribution in [-0.2, 0) is 6.42 Å². The zero-order valence-corrected chi connectivity index (χ0v) is 18.6. The highest BCUT2D eigenvalue weighted by molar-refractivity contribution is 9.11. The van der Waals surface area contributed by atoms with Crippen molar-refractivity contribution in [2.45, 2.75) is 103 Å². The summed E-state index contributed by atoms with van der Waals surface area (Å²) in [6.07, 6.45) is 21.0. The molecule has 0 radical (unpaired) electrons. The molecule has 1 aromatic rings. The van der Waals surface area contributed by atoms with Crippen LogP contribution in [-0.4, -0.2) is 4.98 Å². The Hall–Kier alpha value is 0.110. The lowest BCUT2D eigenvalue weighted by atomic mass is 10.0. The summed E-state index contributed by atoms with van der Waals surface area (Å²) in [4.78, 5) is 4.29. The van der Waals surface area contributed by atoms with Crippen molar-refractivity contribution in [1.29, 1.82) is 0 Å². The van der Waals surface area contributed by atoms with Crippen molar-refractivity contribution in [2.24, 2.45) is 0 Å². The molecule has 1 nitrogen and oxygen atoms in total. The lowest BCUT2D eigenvalue weighted by molar-refractivity contribution is 0.535. The van der Waals surface area contributed by atoms with Gasteiger partial charge in [-0.3, -0.25) is 0 Å². The van der Waals surface area contributed by atoms with Gasteiger partial charge in [-0.05, 0) is 62.4 Å². The summed E-state index contributed by atoms with van der Waals surface area (Å²) in [6.45, 7) is 2.29. The van der Waals surface area contributed by atoms with E-state index in [-0.39, 0.29) is 0 Å². The molecule has 0 spiro atoms. The summed E-state index contributed by atoms with van der Waals surface area (Å²) < 4.78 is 1.86. The van der Waals surface area contributed by atoms with E-state index in [1.807, 2.05) is 0 Å². The molecule has 0 saturated carbocycles. The quantitative estimate of drug-likeness (QED) is 0.188. The fraction of sp³-hybridized carbons (Fsp3) is 0.762. The molecule has 1 aromatic heterocycles. The fourth-order valence-electron chi connectivity index (χ4n) is 3.18. The van der Waals surface area contributed by atoms with E-state index < -0.39 is 0 Å². The number of hydrogen-bond acceptors (Lipinski definition) is 1. The van der Waals surface area contributed by atoms with Crippen molar-refractivity contribution in [2.75, 3.05) is 0 Å². The molecule has 0 N–H and O–H groups in total. The third kappa shape index (κ3) is 12.5. The number of unbranched alkanes of at least 4 members (excludes halogenated alkanes) is 13. The second-order valence-electron chi connectivity index (χ2n) is 6.97. The molecule has 24 heavy (non-hydrogen) atoms. The fourth-order valence-corrected chi connectivity index (χ4v) is 4.39. The molecular formula is C21H35Br2N. The van der Waals surface area contributed by atoms with Crippen LogP contribution in [0.5, 0.6) is 0 Å². The molecule has 1 rings (SSSR count). The highest BCUT2D eigenvalue weighted by atomic mass is 79.9. The van der Waals surface area contributed by atoms with Gasteiger partial charge in [0.1, 0.15) is 9.21 Å². The van der Waals surface area contributed by atoms with E-state index in [1.54, 1.807) is 0 Å². The van der Waals surface area contributed by atoms with Gasteiger partial charge in [-0.25, -0.2) is 4.98 Å². The topological polar surface area (TPSA) is 12.9 Å². The van der Waals surface area contributed by atoms with Crippen molar-refractivity contribution in [3.8, 4) is 0 Å². The number of nitrogens with zero attached hydrogens (tertiary/aromatic N) is 1. The van der Waals surface area contributed by atoms with Gasteiger partial charge in [-0.2, -0.15) is 0 Å². The first kappa shape index (κ1) is 22.2. The van der Waals surface area contributed by atoms with Crippen molar-refractivity contribution < 1.29 is 0 Å². The van der Waals surface area contributed by atoms with Crippen LogP contribution >= 0.6 is 31.9 Å². The summed E-state index contributed by atoms with van der Waals surface area (Å²) in [5.41, 5.74) is 1.38. The molecule has 138 valence electrons. The average molecular weight is 461 g/mol. The van der Waals surface area contributed by atoms with Gasteiger partial charge in [-0.15, -0.1) is 0 Å². The molecule has 0 saturated heterocycles. The van der Waals surface area contributed by atoms with Crippen LogP contribution in [0.2, 0.25) is 0 Å². The molecule has 0 atom stereocenters. The first-order valence-corrected chi connectivity index (χ1v) is 11.6. The van der Waals surface area contributed by atoms with Gasteiger partial charge in [0, 0.05) is 0 Å². The molecule has 0 aliphatic heterocycles. The summed E-state index contributed by atoms with van der Waals surface area (Å²) in [5.74, 6) is 0. The molecule has 3 heteroatoms. The highest BCUT2D eigenvalue weighted by Gasteiger charge is 1.99. The molecule has 0 unspecified atom stereocenters. The Morgan fingerprint density at radius 1 is 0.625 bits per heavy atom. The second kappa shape index (κ2) is 15.4. The Labute approximate surface area is 166 Å². The summed E-state index contributed by atoms with van der Waals surface area (Å²) in [7, 11) is 0. The van der Waals surface area contributed by atoms with E-state index >= 15 is 0 Å². The van der Waals surface area contributed by atoms with Crippen molar-refractivity contribution in [1.82, 2.24) is 4.98 Å². The number of aromatic nitrogens is 1. The number of pyridine rings is 1. The smallest absolute Gasteiger partial charge is 0.107 e. The molecule has 0 amide bonds. The molecule has 0 aliphatic rings. The zero-order chi connectivity index (χ0) is 17.5. The third-order valence-corrected chi connectivity index (χ3v) is 5.45.